The maximum atomic E-state index is 2.20. The van der Waals surface area contributed by atoms with Crippen molar-refractivity contribution in [1.29, 1.82) is 0 Å². The molecule has 0 bridgehead atoms. The molecule has 3 rings (SSSR count). The van der Waals surface area contributed by atoms with Gasteiger partial charge in [-0.2, -0.15) is 0 Å². The summed E-state index contributed by atoms with van der Waals surface area (Å²) in [6.45, 7) is 0.893. The zero-order valence-corrected chi connectivity index (χ0v) is 11.3. The second-order valence-corrected chi connectivity index (χ2v) is 4.80. The summed E-state index contributed by atoms with van der Waals surface area (Å²) in [5.74, 6) is 0. The number of benzene rings is 2. The number of hydrogen-bond donors (Lipinski definition) is 0. The summed E-state index contributed by atoms with van der Waals surface area (Å²) in [5.41, 5.74) is 3.83. The Morgan fingerprint density at radius 1 is 0.600 bits per heavy atom. The van der Waals surface area contributed by atoms with Gasteiger partial charge < -0.3 is 4.90 Å². The van der Waals surface area contributed by atoms with Crippen LogP contribution in [0.5, 0.6) is 0 Å². The van der Waals surface area contributed by atoms with Crippen LogP contribution in [0.4, 0.5) is 0 Å². The molecule has 2 aromatic rings. The van der Waals surface area contributed by atoms with Crippen molar-refractivity contribution in [3.63, 3.8) is 0 Å². The summed E-state index contributed by atoms with van der Waals surface area (Å²) in [7, 11) is 0. The summed E-state index contributed by atoms with van der Waals surface area (Å²) >= 11 is 0. The van der Waals surface area contributed by atoms with Gasteiger partial charge in [-0.05, 0) is 28.8 Å². The molecule has 0 radical (unpaired) electrons. The average Bonchev–Trinajstić information content (AvgIpc) is 2.78. The highest BCUT2D eigenvalue weighted by Gasteiger charge is 2.00. The van der Waals surface area contributed by atoms with Gasteiger partial charge in [0.15, 0.2) is 0 Å². The first-order valence-corrected chi connectivity index (χ1v) is 6.83. The van der Waals surface area contributed by atoms with E-state index < -0.39 is 0 Å². The van der Waals surface area contributed by atoms with Crippen LogP contribution in [0, 0.1) is 0 Å². The molecule has 0 N–H and O–H groups in total. The van der Waals surface area contributed by atoms with E-state index in [1.165, 1.54) is 16.7 Å². The lowest BCUT2D eigenvalue weighted by molar-refractivity contribution is 0.502. The van der Waals surface area contributed by atoms with Crippen molar-refractivity contribution in [1.82, 2.24) is 4.90 Å². The zero-order valence-electron chi connectivity index (χ0n) is 11.3. The first kappa shape index (κ1) is 12.5. The van der Waals surface area contributed by atoms with Gasteiger partial charge in [-0.25, -0.2) is 0 Å². The van der Waals surface area contributed by atoms with Crippen LogP contribution in [-0.2, 0) is 6.54 Å². The van der Waals surface area contributed by atoms with E-state index in [0.29, 0.717) is 0 Å². The molecule has 98 valence electrons. The van der Waals surface area contributed by atoms with E-state index in [0.717, 1.165) is 6.54 Å². The van der Waals surface area contributed by atoms with Gasteiger partial charge in [0.2, 0.25) is 0 Å². The van der Waals surface area contributed by atoms with Crippen LogP contribution in [0.15, 0.2) is 91.3 Å². The van der Waals surface area contributed by atoms with Crippen LogP contribution >= 0.6 is 0 Å². The Hall–Kier alpha value is -2.54. The van der Waals surface area contributed by atoms with Crippen molar-refractivity contribution in [2.24, 2.45) is 0 Å². The molecule has 2 aromatic carbocycles. The topological polar surface area (TPSA) is 3.24 Å². The number of hydrogen-bond acceptors (Lipinski definition) is 1. The number of nitrogens with zero attached hydrogens (tertiary/aromatic N) is 1. The zero-order chi connectivity index (χ0) is 13.6. The molecule has 0 atom stereocenters. The van der Waals surface area contributed by atoms with Crippen molar-refractivity contribution in [2.75, 3.05) is 0 Å². The van der Waals surface area contributed by atoms with Gasteiger partial charge in [-0.15, -0.1) is 0 Å². The van der Waals surface area contributed by atoms with Gasteiger partial charge in [-0.1, -0.05) is 66.7 Å². The van der Waals surface area contributed by atoms with Gasteiger partial charge in [0.1, 0.15) is 0 Å². The average molecular weight is 259 g/mol. The molecule has 0 unspecified atom stereocenters. The second kappa shape index (κ2) is 6.07. The maximum absolute atomic E-state index is 2.20. The fourth-order valence-corrected chi connectivity index (χ4v) is 2.25. The quantitative estimate of drug-likeness (QED) is 0.768. The minimum absolute atomic E-state index is 0.893. The Labute approximate surface area is 120 Å². The third-order valence-corrected chi connectivity index (χ3v) is 3.31. The first-order chi connectivity index (χ1) is 9.92. The van der Waals surface area contributed by atoms with Gasteiger partial charge in [-0.3, -0.25) is 0 Å². The lowest BCUT2D eigenvalue weighted by atomic mass is 10.0. The van der Waals surface area contributed by atoms with E-state index in [-0.39, 0.29) is 0 Å². The minimum Gasteiger partial charge on any atom is -0.350 e. The number of rotatable bonds is 3. The van der Waals surface area contributed by atoms with Crippen LogP contribution in [0.2, 0.25) is 0 Å². The Morgan fingerprint density at radius 2 is 1.20 bits per heavy atom. The van der Waals surface area contributed by atoms with E-state index >= 15 is 0 Å². The minimum atomic E-state index is 0.893. The van der Waals surface area contributed by atoms with E-state index in [4.69, 9.17) is 0 Å². The van der Waals surface area contributed by atoms with Gasteiger partial charge in [0.05, 0.1) is 0 Å². The largest absolute Gasteiger partial charge is 0.350 e. The molecule has 0 saturated carbocycles. The molecule has 0 amide bonds. The van der Waals surface area contributed by atoms with Gasteiger partial charge in [0.25, 0.3) is 0 Å². The Bertz CT molecular complexity index is 617. The smallest absolute Gasteiger partial charge is 0.0470 e. The van der Waals surface area contributed by atoms with E-state index in [1.807, 2.05) is 18.2 Å². The predicted octanol–water partition coefficient (Wildman–Crippen LogP) is 4.75. The number of allylic oxidation sites excluding steroid dienone is 4. The molecule has 1 heteroatoms. The summed E-state index contributed by atoms with van der Waals surface area (Å²) < 4.78 is 0. The van der Waals surface area contributed by atoms with Crippen molar-refractivity contribution < 1.29 is 0 Å². The Morgan fingerprint density at radius 3 is 1.85 bits per heavy atom. The summed E-state index contributed by atoms with van der Waals surface area (Å²) in [6.07, 6.45) is 12.4. The fraction of sp³-hybridized carbons (Fsp3) is 0.0526. The molecule has 0 aromatic heterocycles. The van der Waals surface area contributed by atoms with E-state index in [1.54, 1.807) is 0 Å². The van der Waals surface area contributed by atoms with E-state index in [9.17, 15) is 0 Å². The molecule has 1 heterocycles. The van der Waals surface area contributed by atoms with Crippen LogP contribution in [0.1, 0.15) is 5.56 Å². The maximum Gasteiger partial charge on any atom is 0.0470 e. The highest BCUT2D eigenvalue weighted by molar-refractivity contribution is 5.63. The molecule has 0 spiro atoms. The standard InChI is InChI=1S/C19H17N/c1-2-7-15-20(14-6-1)16-17-10-12-19(13-11-17)18-8-4-3-5-9-18/h1-15H,16H2. The van der Waals surface area contributed by atoms with Crippen LogP contribution in [0.3, 0.4) is 0 Å². The van der Waals surface area contributed by atoms with Crippen molar-refractivity contribution in [2.45, 2.75) is 6.54 Å². The monoisotopic (exact) mass is 259 g/mol. The highest BCUT2D eigenvalue weighted by atomic mass is 15.1. The van der Waals surface area contributed by atoms with Gasteiger partial charge in [0, 0.05) is 18.9 Å². The van der Waals surface area contributed by atoms with Crippen LogP contribution < -0.4 is 0 Å². The third kappa shape index (κ3) is 3.07. The molecular formula is C19H17N. The molecule has 20 heavy (non-hydrogen) atoms. The highest BCUT2D eigenvalue weighted by Crippen LogP contribution is 2.20. The molecule has 0 fully saturated rings. The van der Waals surface area contributed by atoms with E-state index in [2.05, 4.69) is 78.0 Å². The summed E-state index contributed by atoms with van der Waals surface area (Å²) in [6, 6.07) is 19.2. The van der Waals surface area contributed by atoms with Crippen molar-refractivity contribution >= 4 is 0 Å². The molecule has 1 nitrogen and oxygen atoms in total. The predicted molar refractivity (Wildman–Crippen MR) is 84.8 cm³/mol. The molecule has 0 aliphatic carbocycles. The first-order valence-electron chi connectivity index (χ1n) is 6.83. The SMILES string of the molecule is C1=CC=CN(Cc2ccc(-c3ccccc3)cc2)C=C1. The van der Waals surface area contributed by atoms with Crippen molar-refractivity contribution in [3.05, 3.63) is 96.9 Å². The molecule has 0 saturated heterocycles. The summed E-state index contributed by atoms with van der Waals surface area (Å²) in [5, 5.41) is 0. The van der Waals surface area contributed by atoms with Crippen LogP contribution in [-0.4, -0.2) is 4.90 Å². The summed E-state index contributed by atoms with van der Waals surface area (Å²) in [4.78, 5) is 2.18. The lowest BCUT2D eigenvalue weighted by Crippen LogP contribution is -2.08. The normalized spacial score (nSPS) is 13.5. The Balaban J connectivity index is 1.73. The lowest BCUT2D eigenvalue weighted by Gasteiger charge is -2.15. The second-order valence-electron chi connectivity index (χ2n) is 4.80. The van der Waals surface area contributed by atoms with Crippen molar-refractivity contribution in [3.8, 4) is 11.1 Å². The fourth-order valence-electron chi connectivity index (χ4n) is 2.25. The molecule has 1 aliphatic rings. The third-order valence-electron chi connectivity index (χ3n) is 3.31. The Kier molecular flexibility index (Phi) is 3.79. The van der Waals surface area contributed by atoms with Gasteiger partial charge >= 0.3 is 0 Å². The molecular weight excluding hydrogens is 242 g/mol. The van der Waals surface area contributed by atoms with Crippen LogP contribution in [0.25, 0.3) is 11.1 Å². The molecule has 1 aliphatic heterocycles.